The number of hydrogen-bond acceptors (Lipinski definition) is 4. The molecule has 1 aromatic carbocycles. The van der Waals surface area contributed by atoms with Crippen LogP contribution in [0.1, 0.15) is 5.56 Å². The van der Waals surface area contributed by atoms with Gasteiger partial charge in [-0.3, -0.25) is 0 Å². The monoisotopic (exact) mass is 178 g/mol. The van der Waals surface area contributed by atoms with Crippen LogP contribution in [0, 0.1) is 0 Å². The Morgan fingerprint density at radius 3 is 3.08 bits per heavy atom. The van der Waals surface area contributed by atoms with E-state index in [1.54, 1.807) is 13.3 Å². The number of fused-ring (bicyclic) bond motifs is 1. The number of benzene rings is 1. The molecule has 68 valence electrons. The number of nitrogens with two attached hydrogens (primary N) is 1. The first-order valence-corrected chi connectivity index (χ1v) is 3.97. The molecule has 1 aromatic heterocycles. The standard InChI is InChI=1S/C9H10N2O2/c1-12-9-6(4-10)2-3-8-7(9)5-11-13-8/h2-3,5H,4,10H2,1H3. The van der Waals surface area contributed by atoms with Gasteiger partial charge in [0.05, 0.1) is 18.7 Å². The smallest absolute Gasteiger partial charge is 0.170 e. The van der Waals surface area contributed by atoms with Crippen molar-refractivity contribution in [3.8, 4) is 5.75 Å². The van der Waals surface area contributed by atoms with Crippen LogP contribution in [-0.4, -0.2) is 12.3 Å². The van der Waals surface area contributed by atoms with E-state index >= 15 is 0 Å². The maximum Gasteiger partial charge on any atom is 0.170 e. The lowest BCUT2D eigenvalue weighted by molar-refractivity contribution is 0.414. The molecule has 4 heteroatoms. The van der Waals surface area contributed by atoms with Gasteiger partial charge in [-0.2, -0.15) is 0 Å². The highest BCUT2D eigenvalue weighted by Crippen LogP contribution is 2.28. The zero-order valence-electron chi connectivity index (χ0n) is 7.28. The molecule has 2 aromatic rings. The number of rotatable bonds is 2. The third kappa shape index (κ3) is 1.15. The Labute approximate surface area is 75.3 Å². The summed E-state index contributed by atoms with van der Waals surface area (Å²) in [6.45, 7) is 0.449. The quantitative estimate of drug-likeness (QED) is 0.752. The van der Waals surface area contributed by atoms with Crippen molar-refractivity contribution in [3.63, 3.8) is 0 Å². The third-order valence-electron chi connectivity index (χ3n) is 1.99. The van der Waals surface area contributed by atoms with Gasteiger partial charge in [0.15, 0.2) is 5.58 Å². The lowest BCUT2D eigenvalue weighted by atomic mass is 10.1. The van der Waals surface area contributed by atoms with E-state index in [4.69, 9.17) is 15.0 Å². The van der Waals surface area contributed by atoms with Gasteiger partial charge in [-0.15, -0.1) is 0 Å². The first-order chi connectivity index (χ1) is 6.36. The van der Waals surface area contributed by atoms with Crippen LogP contribution in [0.25, 0.3) is 11.0 Å². The molecule has 0 fully saturated rings. The zero-order valence-corrected chi connectivity index (χ0v) is 7.28. The lowest BCUT2D eigenvalue weighted by Gasteiger charge is -2.05. The summed E-state index contributed by atoms with van der Waals surface area (Å²) in [5.74, 6) is 0.751. The van der Waals surface area contributed by atoms with E-state index in [1.165, 1.54) is 0 Å². The number of methoxy groups -OCH3 is 1. The second kappa shape index (κ2) is 3.06. The van der Waals surface area contributed by atoms with Crippen molar-refractivity contribution in [2.24, 2.45) is 5.73 Å². The number of ether oxygens (including phenoxy) is 1. The molecule has 13 heavy (non-hydrogen) atoms. The van der Waals surface area contributed by atoms with Gasteiger partial charge in [0.1, 0.15) is 5.75 Å². The average Bonchev–Trinajstić information content (AvgIpc) is 2.63. The van der Waals surface area contributed by atoms with Crippen molar-refractivity contribution >= 4 is 11.0 Å². The predicted octanol–water partition coefficient (Wildman–Crippen LogP) is 1.30. The van der Waals surface area contributed by atoms with E-state index in [1.807, 2.05) is 12.1 Å². The Bertz CT molecular complexity index is 422. The molecule has 0 aliphatic carbocycles. The second-order valence-corrected chi connectivity index (χ2v) is 2.70. The number of nitrogens with zero attached hydrogens (tertiary/aromatic N) is 1. The maximum atomic E-state index is 5.55. The molecule has 0 bridgehead atoms. The SMILES string of the molecule is COc1c(CN)ccc2oncc12. The molecule has 0 aliphatic rings. The molecule has 0 spiro atoms. The summed E-state index contributed by atoms with van der Waals surface area (Å²) >= 11 is 0. The minimum Gasteiger partial charge on any atom is -0.496 e. The minimum absolute atomic E-state index is 0.449. The molecule has 0 aliphatic heterocycles. The van der Waals surface area contributed by atoms with E-state index in [2.05, 4.69) is 5.16 Å². The fourth-order valence-electron chi connectivity index (χ4n) is 1.37. The van der Waals surface area contributed by atoms with E-state index in [-0.39, 0.29) is 0 Å². The molecular formula is C9H10N2O2. The van der Waals surface area contributed by atoms with Crippen LogP contribution in [0.5, 0.6) is 5.75 Å². The Hall–Kier alpha value is -1.55. The summed E-state index contributed by atoms with van der Waals surface area (Å²) in [4.78, 5) is 0. The molecule has 0 saturated heterocycles. The summed E-state index contributed by atoms with van der Waals surface area (Å²) in [5.41, 5.74) is 7.23. The summed E-state index contributed by atoms with van der Waals surface area (Å²) in [6, 6.07) is 3.72. The summed E-state index contributed by atoms with van der Waals surface area (Å²) in [7, 11) is 1.61. The minimum atomic E-state index is 0.449. The van der Waals surface area contributed by atoms with Gasteiger partial charge in [0.25, 0.3) is 0 Å². The van der Waals surface area contributed by atoms with Crippen molar-refractivity contribution in [2.45, 2.75) is 6.54 Å². The molecular weight excluding hydrogens is 168 g/mol. The molecule has 0 unspecified atom stereocenters. The topological polar surface area (TPSA) is 61.3 Å². The molecule has 2 rings (SSSR count). The second-order valence-electron chi connectivity index (χ2n) is 2.70. The highest BCUT2D eigenvalue weighted by Gasteiger charge is 2.09. The number of hydrogen-bond donors (Lipinski definition) is 1. The molecule has 0 saturated carbocycles. The van der Waals surface area contributed by atoms with Crippen LogP contribution in [0.3, 0.4) is 0 Å². The van der Waals surface area contributed by atoms with E-state index in [9.17, 15) is 0 Å². The van der Waals surface area contributed by atoms with Gasteiger partial charge < -0.3 is 15.0 Å². The number of aromatic nitrogens is 1. The zero-order chi connectivity index (χ0) is 9.26. The van der Waals surface area contributed by atoms with Crippen LogP contribution in [0.4, 0.5) is 0 Å². The first kappa shape index (κ1) is 8.07. The van der Waals surface area contributed by atoms with Crippen molar-refractivity contribution in [1.82, 2.24) is 5.16 Å². The highest BCUT2D eigenvalue weighted by atomic mass is 16.5. The fourth-order valence-corrected chi connectivity index (χ4v) is 1.37. The predicted molar refractivity (Wildman–Crippen MR) is 48.5 cm³/mol. The Morgan fingerprint density at radius 1 is 1.54 bits per heavy atom. The van der Waals surface area contributed by atoms with Crippen LogP contribution >= 0.6 is 0 Å². The molecule has 1 heterocycles. The first-order valence-electron chi connectivity index (χ1n) is 3.97. The Morgan fingerprint density at radius 2 is 2.38 bits per heavy atom. The maximum absolute atomic E-state index is 5.55. The van der Waals surface area contributed by atoms with E-state index < -0.39 is 0 Å². The highest BCUT2D eigenvalue weighted by molar-refractivity contribution is 5.84. The summed E-state index contributed by atoms with van der Waals surface area (Å²) < 4.78 is 10.2. The molecule has 0 amide bonds. The largest absolute Gasteiger partial charge is 0.496 e. The van der Waals surface area contributed by atoms with Crippen LogP contribution in [0.2, 0.25) is 0 Å². The molecule has 0 radical (unpaired) electrons. The van der Waals surface area contributed by atoms with Gasteiger partial charge in [-0.25, -0.2) is 0 Å². The van der Waals surface area contributed by atoms with Gasteiger partial charge in [-0.1, -0.05) is 11.2 Å². The van der Waals surface area contributed by atoms with Gasteiger partial charge in [0, 0.05) is 12.1 Å². The van der Waals surface area contributed by atoms with Gasteiger partial charge >= 0.3 is 0 Å². The van der Waals surface area contributed by atoms with Crippen molar-refractivity contribution in [3.05, 3.63) is 23.9 Å². The molecule has 0 atom stereocenters. The summed E-state index contributed by atoms with van der Waals surface area (Å²) in [6.07, 6.45) is 1.63. The Balaban J connectivity index is 2.74. The summed E-state index contributed by atoms with van der Waals surface area (Å²) in [5, 5.41) is 4.56. The van der Waals surface area contributed by atoms with Crippen molar-refractivity contribution in [1.29, 1.82) is 0 Å². The molecule has 4 nitrogen and oxygen atoms in total. The lowest BCUT2D eigenvalue weighted by Crippen LogP contribution is -1.99. The van der Waals surface area contributed by atoms with E-state index in [0.29, 0.717) is 12.1 Å². The van der Waals surface area contributed by atoms with Crippen molar-refractivity contribution < 1.29 is 9.26 Å². The van der Waals surface area contributed by atoms with Crippen LogP contribution < -0.4 is 10.5 Å². The van der Waals surface area contributed by atoms with Crippen LogP contribution in [-0.2, 0) is 6.54 Å². The Kier molecular flexibility index (Phi) is 1.90. The van der Waals surface area contributed by atoms with Gasteiger partial charge in [0.2, 0.25) is 0 Å². The third-order valence-corrected chi connectivity index (χ3v) is 1.99. The van der Waals surface area contributed by atoms with E-state index in [0.717, 1.165) is 16.7 Å². The van der Waals surface area contributed by atoms with Gasteiger partial charge in [-0.05, 0) is 6.07 Å². The van der Waals surface area contributed by atoms with Crippen molar-refractivity contribution in [2.75, 3.05) is 7.11 Å². The molecule has 2 N–H and O–H groups in total. The normalized spacial score (nSPS) is 10.6. The fraction of sp³-hybridized carbons (Fsp3) is 0.222. The average molecular weight is 178 g/mol. The van der Waals surface area contributed by atoms with Crippen LogP contribution in [0.15, 0.2) is 22.9 Å².